The summed E-state index contributed by atoms with van der Waals surface area (Å²) in [6, 6.07) is 11.8. The average Bonchev–Trinajstić information content (AvgIpc) is 2.93. The van der Waals surface area contributed by atoms with E-state index >= 15 is 0 Å². The number of thiophene rings is 1. The zero-order chi connectivity index (χ0) is 14.8. The number of hydrogen-bond donors (Lipinski definition) is 2. The molecule has 1 aromatic carbocycles. The van der Waals surface area contributed by atoms with Crippen LogP contribution in [0.15, 0.2) is 46.4 Å². The second-order valence-electron chi connectivity index (χ2n) is 4.57. The number of rotatable bonds is 4. The van der Waals surface area contributed by atoms with Crippen molar-refractivity contribution >= 4 is 55.5 Å². The van der Waals surface area contributed by atoms with Gasteiger partial charge in [0.2, 0.25) is 0 Å². The van der Waals surface area contributed by atoms with Crippen LogP contribution in [0.3, 0.4) is 0 Å². The van der Waals surface area contributed by atoms with Crippen LogP contribution in [0.25, 0.3) is 10.9 Å². The maximum absolute atomic E-state index is 6.22. The van der Waals surface area contributed by atoms with Gasteiger partial charge in [-0.05, 0) is 52.3 Å². The van der Waals surface area contributed by atoms with E-state index in [0.29, 0.717) is 11.6 Å². The van der Waals surface area contributed by atoms with Gasteiger partial charge in [0.05, 0.1) is 26.1 Å². The van der Waals surface area contributed by atoms with E-state index in [0.717, 1.165) is 20.4 Å². The quantitative estimate of drug-likeness (QED) is 0.680. The minimum absolute atomic E-state index is 0.0488. The molecule has 2 heterocycles. The largest absolute Gasteiger partial charge is 0.374 e. The maximum atomic E-state index is 6.22. The van der Waals surface area contributed by atoms with Crippen molar-refractivity contribution in [2.45, 2.75) is 6.04 Å². The number of nitrogens with zero attached hydrogens (tertiary/aromatic N) is 1. The molecule has 0 aliphatic heterocycles. The minimum Gasteiger partial charge on any atom is -0.374 e. The van der Waals surface area contributed by atoms with Crippen molar-refractivity contribution in [1.82, 2.24) is 4.98 Å². The van der Waals surface area contributed by atoms with E-state index in [1.54, 1.807) is 17.5 Å². The van der Waals surface area contributed by atoms with Crippen LogP contribution in [0.4, 0.5) is 5.69 Å². The fourth-order valence-electron chi connectivity index (χ4n) is 2.20. The zero-order valence-electron chi connectivity index (χ0n) is 11.0. The van der Waals surface area contributed by atoms with Gasteiger partial charge >= 0.3 is 0 Å². The van der Waals surface area contributed by atoms with Gasteiger partial charge < -0.3 is 11.1 Å². The molecular formula is C15H13BrClN3S. The highest BCUT2D eigenvalue weighted by Crippen LogP contribution is 2.33. The predicted molar refractivity (Wildman–Crippen MR) is 94.2 cm³/mol. The number of nitrogens with one attached hydrogen (secondary N) is 1. The third kappa shape index (κ3) is 3.06. The van der Waals surface area contributed by atoms with Gasteiger partial charge in [0.15, 0.2) is 0 Å². The molecule has 0 saturated carbocycles. The zero-order valence-corrected chi connectivity index (χ0v) is 14.2. The lowest BCUT2D eigenvalue weighted by molar-refractivity contribution is 0.807. The second-order valence-corrected chi connectivity index (χ2v) is 7.47. The molecule has 0 spiro atoms. The smallest absolute Gasteiger partial charge is 0.0948 e. The average molecular weight is 383 g/mol. The molecule has 6 heteroatoms. The summed E-state index contributed by atoms with van der Waals surface area (Å²) in [4.78, 5) is 5.62. The molecule has 0 saturated heterocycles. The Kier molecular flexibility index (Phi) is 4.45. The summed E-state index contributed by atoms with van der Waals surface area (Å²) in [5.41, 5.74) is 7.72. The Morgan fingerprint density at radius 1 is 1.29 bits per heavy atom. The summed E-state index contributed by atoms with van der Waals surface area (Å²) in [7, 11) is 0. The van der Waals surface area contributed by atoms with Gasteiger partial charge in [0.1, 0.15) is 0 Å². The van der Waals surface area contributed by atoms with Gasteiger partial charge in [0, 0.05) is 23.0 Å². The number of pyridine rings is 1. The van der Waals surface area contributed by atoms with Crippen molar-refractivity contribution in [2.75, 3.05) is 11.9 Å². The number of fused-ring (bicyclic) bond motifs is 1. The molecular weight excluding hydrogens is 370 g/mol. The summed E-state index contributed by atoms with van der Waals surface area (Å²) in [6.07, 6.45) is 1.77. The third-order valence-corrected chi connectivity index (χ3v) is 5.29. The third-order valence-electron chi connectivity index (χ3n) is 3.22. The summed E-state index contributed by atoms with van der Waals surface area (Å²) < 4.78 is 1.09. The van der Waals surface area contributed by atoms with Crippen LogP contribution in [0.2, 0.25) is 5.02 Å². The van der Waals surface area contributed by atoms with Gasteiger partial charge in [0.25, 0.3) is 0 Å². The Balaban J connectivity index is 1.99. The topological polar surface area (TPSA) is 50.9 Å². The molecule has 3 aromatic rings. The van der Waals surface area contributed by atoms with Gasteiger partial charge in [-0.25, -0.2) is 0 Å². The fraction of sp³-hybridized carbons (Fsp3) is 0.133. The highest BCUT2D eigenvalue weighted by atomic mass is 79.9. The second kappa shape index (κ2) is 6.32. The molecule has 0 radical (unpaired) electrons. The van der Waals surface area contributed by atoms with E-state index in [1.165, 1.54) is 4.88 Å². The van der Waals surface area contributed by atoms with Crippen LogP contribution in [0.1, 0.15) is 10.9 Å². The van der Waals surface area contributed by atoms with Crippen molar-refractivity contribution in [3.05, 3.63) is 56.3 Å². The van der Waals surface area contributed by atoms with Crippen molar-refractivity contribution < 1.29 is 0 Å². The van der Waals surface area contributed by atoms with Crippen LogP contribution in [-0.2, 0) is 0 Å². The molecule has 21 heavy (non-hydrogen) atoms. The maximum Gasteiger partial charge on any atom is 0.0948 e. The van der Waals surface area contributed by atoms with Crippen LogP contribution in [0, 0.1) is 0 Å². The standard InChI is InChI=1S/C15H13BrClN3S/c16-14-6-5-13(21-14)12(8-18)20-11-4-3-10(17)9-2-1-7-19-15(9)11/h1-7,12,20H,8,18H2. The molecule has 3 rings (SSSR count). The molecule has 1 unspecified atom stereocenters. The number of benzene rings is 1. The first-order valence-corrected chi connectivity index (χ1v) is 8.43. The Labute approximate surface area is 140 Å². The minimum atomic E-state index is 0.0488. The number of nitrogens with two attached hydrogens (primary N) is 1. The van der Waals surface area contributed by atoms with E-state index in [9.17, 15) is 0 Å². The van der Waals surface area contributed by atoms with Crippen LogP contribution >= 0.6 is 38.9 Å². The van der Waals surface area contributed by atoms with Crippen LogP contribution < -0.4 is 11.1 Å². The van der Waals surface area contributed by atoms with Crippen molar-refractivity contribution in [1.29, 1.82) is 0 Å². The van der Waals surface area contributed by atoms with Crippen molar-refractivity contribution in [3.63, 3.8) is 0 Å². The van der Waals surface area contributed by atoms with Gasteiger partial charge in [-0.3, -0.25) is 4.98 Å². The first-order valence-electron chi connectivity index (χ1n) is 6.44. The molecule has 1 atom stereocenters. The van der Waals surface area contributed by atoms with E-state index in [2.05, 4.69) is 32.3 Å². The Morgan fingerprint density at radius 2 is 2.14 bits per heavy atom. The highest BCUT2D eigenvalue weighted by Gasteiger charge is 2.14. The molecule has 0 amide bonds. The lowest BCUT2D eigenvalue weighted by Gasteiger charge is -2.18. The molecule has 0 aliphatic carbocycles. The van der Waals surface area contributed by atoms with E-state index < -0.39 is 0 Å². The normalized spacial score (nSPS) is 12.5. The summed E-state index contributed by atoms with van der Waals surface area (Å²) in [5, 5.41) is 5.11. The molecule has 0 fully saturated rings. The van der Waals surface area contributed by atoms with E-state index in [-0.39, 0.29) is 6.04 Å². The van der Waals surface area contributed by atoms with Gasteiger partial charge in [-0.1, -0.05) is 11.6 Å². The molecule has 0 aliphatic rings. The molecule has 0 bridgehead atoms. The Bertz CT molecular complexity index is 774. The lowest BCUT2D eigenvalue weighted by Crippen LogP contribution is -2.19. The summed E-state index contributed by atoms with van der Waals surface area (Å²) >= 11 is 11.4. The number of halogens is 2. The fourth-order valence-corrected chi connectivity index (χ4v) is 3.91. The number of hydrogen-bond acceptors (Lipinski definition) is 4. The number of anilines is 1. The van der Waals surface area contributed by atoms with Gasteiger partial charge in [-0.2, -0.15) is 0 Å². The Hall–Kier alpha value is -1.14. The summed E-state index contributed by atoms with van der Waals surface area (Å²) in [6.45, 7) is 0.504. The Morgan fingerprint density at radius 3 is 2.86 bits per heavy atom. The number of aromatic nitrogens is 1. The SMILES string of the molecule is NCC(Nc1ccc(Cl)c2cccnc12)c1ccc(Br)s1. The molecule has 108 valence electrons. The molecule has 2 aromatic heterocycles. The lowest BCUT2D eigenvalue weighted by atomic mass is 10.1. The van der Waals surface area contributed by atoms with Crippen molar-refractivity contribution in [2.24, 2.45) is 5.73 Å². The van der Waals surface area contributed by atoms with Crippen LogP contribution in [0.5, 0.6) is 0 Å². The monoisotopic (exact) mass is 381 g/mol. The van der Waals surface area contributed by atoms with E-state index in [1.807, 2.05) is 30.3 Å². The molecule has 3 N–H and O–H groups in total. The van der Waals surface area contributed by atoms with Crippen LogP contribution in [-0.4, -0.2) is 11.5 Å². The van der Waals surface area contributed by atoms with Gasteiger partial charge in [-0.15, -0.1) is 11.3 Å². The predicted octanol–water partition coefficient (Wildman–Crippen LogP) is 4.82. The van der Waals surface area contributed by atoms with E-state index in [4.69, 9.17) is 17.3 Å². The van der Waals surface area contributed by atoms with Crippen molar-refractivity contribution in [3.8, 4) is 0 Å². The summed E-state index contributed by atoms with van der Waals surface area (Å²) in [5.74, 6) is 0. The molecule has 3 nitrogen and oxygen atoms in total. The highest BCUT2D eigenvalue weighted by molar-refractivity contribution is 9.11. The first kappa shape index (κ1) is 14.8. The first-order chi connectivity index (χ1) is 10.2.